The first-order valence-corrected chi connectivity index (χ1v) is 17.9. The minimum Gasteiger partial charge on any atom is -0.349 e. The van der Waals surface area contributed by atoms with E-state index in [2.05, 4.69) is 33.7 Å². The molecule has 2 aromatic carbocycles. The number of fused-ring (bicyclic) bond motifs is 1. The highest BCUT2D eigenvalue weighted by Crippen LogP contribution is 2.33. The van der Waals surface area contributed by atoms with Crippen LogP contribution in [0.15, 0.2) is 59.0 Å². The number of rotatable bonds is 7. The lowest BCUT2D eigenvalue weighted by atomic mass is 9.84. The standard InChI is InChI=1S/C32H41N5O3S2/c1-23(24-12-6-4-7-13-24)33-31(38)29-26-16-10-11-17-28(26)34-30(25-14-8-5-9-15-25)27(29)22-36-18-20-37(21-19-36)32(41-2)35-42(3,39)40/h5,8-11,14-17,23-24H,4,6-7,12-13,18-22H2,1-3H3,(H,33,38)/b35-32-/t23-/m0/s1. The fourth-order valence-corrected chi connectivity index (χ4v) is 7.76. The lowest BCUT2D eigenvalue weighted by Gasteiger charge is -2.36. The average Bonchev–Trinajstić information content (AvgIpc) is 3.00. The average molecular weight is 608 g/mol. The largest absolute Gasteiger partial charge is 0.349 e. The van der Waals surface area contributed by atoms with Crippen molar-refractivity contribution < 1.29 is 13.2 Å². The van der Waals surface area contributed by atoms with Crippen LogP contribution < -0.4 is 5.32 Å². The highest BCUT2D eigenvalue weighted by molar-refractivity contribution is 8.13. The number of piperazine rings is 1. The highest BCUT2D eigenvalue weighted by Gasteiger charge is 2.28. The van der Waals surface area contributed by atoms with Gasteiger partial charge in [-0.3, -0.25) is 9.69 Å². The SMILES string of the molecule is CS/C(=N\S(C)(=O)=O)N1CCN(Cc2c(-c3ccccc3)nc3ccccc3c2C(=O)N[C@@H](C)C2CCCCC2)CC1. The first kappa shape index (κ1) is 30.5. The number of amidine groups is 1. The summed E-state index contributed by atoms with van der Waals surface area (Å²) in [7, 11) is -3.48. The third-order valence-electron chi connectivity index (χ3n) is 8.43. The van der Waals surface area contributed by atoms with Crippen LogP contribution in [0.4, 0.5) is 0 Å². The van der Waals surface area contributed by atoms with Crippen LogP contribution >= 0.6 is 11.8 Å². The molecular formula is C32H41N5O3S2. The maximum absolute atomic E-state index is 14.2. The van der Waals surface area contributed by atoms with E-state index in [4.69, 9.17) is 4.98 Å². The summed E-state index contributed by atoms with van der Waals surface area (Å²) in [5, 5.41) is 4.78. The first-order chi connectivity index (χ1) is 20.2. The molecule has 224 valence electrons. The molecule has 0 radical (unpaired) electrons. The monoisotopic (exact) mass is 607 g/mol. The van der Waals surface area contributed by atoms with E-state index in [0.717, 1.165) is 46.8 Å². The zero-order chi connectivity index (χ0) is 29.7. The van der Waals surface area contributed by atoms with Gasteiger partial charge in [0.25, 0.3) is 15.9 Å². The maximum Gasteiger partial charge on any atom is 0.252 e. The number of amides is 1. The molecular weight excluding hydrogens is 567 g/mol. The van der Waals surface area contributed by atoms with Crippen molar-refractivity contribution in [3.63, 3.8) is 0 Å². The molecule has 0 spiro atoms. The van der Waals surface area contributed by atoms with E-state index in [-0.39, 0.29) is 11.9 Å². The third kappa shape index (κ3) is 7.33. The van der Waals surface area contributed by atoms with Crippen molar-refractivity contribution >= 4 is 43.8 Å². The van der Waals surface area contributed by atoms with Gasteiger partial charge in [-0.15, -0.1) is 4.40 Å². The Morgan fingerprint density at radius 3 is 2.36 bits per heavy atom. The van der Waals surface area contributed by atoms with Crippen molar-refractivity contribution in [3.05, 3.63) is 65.7 Å². The zero-order valence-electron chi connectivity index (χ0n) is 24.8. The van der Waals surface area contributed by atoms with Crippen molar-refractivity contribution in [2.45, 2.75) is 51.6 Å². The van der Waals surface area contributed by atoms with Gasteiger partial charge in [0.2, 0.25) is 0 Å². The van der Waals surface area contributed by atoms with Gasteiger partial charge in [-0.1, -0.05) is 79.6 Å². The van der Waals surface area contributed by atoms with Crippen LogP contribution in [0.1, 0.15) is 54.9 Å². The maximum atomic E-state index is 14.2. The number of aromatic nitrogens is 1. The number of carbonyl (C=O) groups is 1. The molecule has 0 unspecified atom stereocenters. The number of hydrogen-bond acceptors (Lipinski definition) is 6. The van der Waals surface area contributed by atoms with Gasteiger partial charge < -0.3 is 10.2 Å². The van der Waals surface area contributed by atoms with E-state index in [1.165, 1.54) is 31.0 Å². The number of pyridine rings is 1. The normalized spacial score (nSPS) is 18.3. The summed E-state index contributed by atoms with van der Waals surface area (Å²) in [6.07, 6.45) is 9.03. The summed E-state index contributed by atoms with van der Waals surface area (Å²) in [5.41, 5.74) is 4.25. The van der Waals surface area contributed by atoms with Crippen LogP contribution in [0.3, 0.4) is 0 Å². The second-order valence-corrected chi connectivity index (χ2v) is 13.9. The molecule has 1 N–H and O–H groups in total. The highest BCUT2D eigenvalue weighted by atomic mass is 32.2. The number of thioether (sulfide) groups is 1. The van der Waals surface area contributed by atoms with Gasteiger partial charge >= 0.3 is 0 Å². The van der Waals surface area contributed by atoms with Crippen LogP contribution in [0.2, 0.25) is 0 Å². The van der Waals surface area contributed by atoms with Crippen LogP contribution in [-0.4, -0.2) is 79.0 Å². The van der Waals surface area contributed by atoms with Gasteiger partial charge in [0.15, 0.2) is 5.17 Å². The molecule has 2 fully saturated rings. The number of sulfonamides is 1. The summed E-state index contributed by atoms with van der Waals surface area (Å²) < 4.78 is 27.6. The van der Waals surface area contributed by atoms with Crippen LogP contribution in [0, 0.1) is 5.92 Å². The van der Waals surface area contributed by atoms with Crippen molar-refractivity contribution in [3.8, 4) is 11.3 Å². The predicted octanol–water partition coefficient (Wildman–Crippen LogP) is 5.40. The molecule has 1 amide bonds. The van der Waals surface area contributed by atoms with E-state index in [0.29, 0.717) is 49.4 Å². The van der Waals surface area contributed by atoms with Crippen LogP contribution in [0.25, 0.3) is 22.2 Å². The molecule has 3 aromatic rings. The van der Waals surface area contributed by atoms with Crippen molar-refractivity contribution in [2.24, 2.45) is 10.3 Å². The van der Waals surface area contributed by atoms with E-state index < -0.39 is 10.0 Å². The van der Waals surface area contributed by atoms with Gasteiger partial charge in [-0.2, -0.15) is 0 Å². The number of benzene rings is 2. The van der Waals surface area contributed by atoms with Crippen molar-refractivity contribution in [1.29, 1.82) is 0 Å². The Hall–Kier alpha value is -2.95. The molecule has 1 atom stereocenters. The number of nitrogens with one attached hydrogen (secondary N) is 1. The number of carbonyl (C=O) groups excluding carboxylic acids is 1. The molecule has 1 aliphatic carbocycles. The minimum absolute atomic E-state index is 0.0394. The van der Waals surface area contributed by atoms with Crippen LogP contribution in [-0.2, 0) is 16.6 Å². The number of para-hydroxylation sites is 1. The smallest absolute Gasteiger partial charge is 0.252 e. The number of hydrogen-bond donors (Lipinski definition) is 1. The molecule has 8 nitrogen and oxygen atoms in total. The molecule has 10 heteroatoms. The Morgan fingerprint density at radius 2 is 1.69 bits per heavy atom. The summed E-state index contributed by atoms with van der Waals surface area (Å²) in [4.78, 5) is 23.7. The van der Waals surface area contributed by atoms with E-state index >= 15 is 0 Å². The van der Waals surface area contributed by atoms with Crippen molar-refractivity contribution in [2.75, 3.05) is 38.7 Å². The fraction of sp³-hybridized carbons (Fsp3) is 0.469. The molecule has 1 aromatic heterocycles. The van der Waals surface area contributed by atoms with Gasteiger partial charge in [0.1, 0.15) is 0 Å². The van der Waals surface area contributed by atoms with Crippen molar-refractivity contribution in [1.82, 2.24) is 20.1 Å². The van der Waals surface area contributed by atoms with E-state index in [9.17, 15) is 13.2 Å². The molecule has 2 heterocycles. The Balaban J connectivity index is 1.50. The van der Waals surface area contributed by atoms with Gasteiger partial charge in [0, 0.05) is 55.3 Å². The summed E-state index contributed by atoms with van der Waals surface area (Å²) >= 11 is 1.35. The Labute approximate surface area is 254 Å². The fourth-order valence-electron chi connectivity index (χ4n) is 6.22. The topological polar surface area (TPSA) is 95.0 Å². The van der Waals surface area contributed by atoms with Gasteiger partial charge in [-0.05, 0) is 38.0 Å². The molecule has 1 saturated carbocycles. The second-order valence-electron chi connectivity index (χ2n) is 11.4. The van der Waals surface area contributed by atoms with Gasteiger partial charge in [-0.25, -0.2) is 13.4 Å². The first-order valence-electron chi connectivity index (χ1n) is 14.8. The van der Waals surface area contributed by atoms with Gasteiger partial charge in [0.05, 0.1) is 23.0 Å². The quantitative estimate of drug-likeness (QED) is 0.284. The minimum atomic E-state index is -3.48. The van der Waals surface area contributed by atoms with E-state index in [1.54, 1.807) is 0 Å². The Bertz CT molecular complexity index is 1530. The lowest BCUT2D eigenvalue weighted by Crippen LogP contribution is -2.48. The third-order valence-corrected chi connectivity index (χ3v) is 9.77. The summed E-state index contributed by atoms with van der Waals surface area (Å²) in [5.74, 6) is 0.461. The molecule has 1 saturated heterocycles. The zero-order valence-corrected chi connectivity index (χ0v) is 26.4. The molecule has 2 aliphatic rings. The Morgan fingerprint density at radius 1 is 1.02 bits per heavy atom. The summed E-state index contributed by atoms with van der Waals surface area (Å²) in [6, 6.07) is 18.1. The van der Waals surface area contributed by atoms with E-state index in [1.807, 2.05) is 53.6 Å². The molecule has 1 aliphatic heterocycles. The van der Waals surface area contributed by atoms with Crippen LogP contribution in [0.5, 0.6) is 0 Å². The molecule has 42 heavy (non-hydrogen) atoms. The Kier molecular flexibility index (Phi) is 9.85. The predicted molar refractivity (Wildman–Crippen MR) is 173 cm³/mol. The summed E-state index contributed by atoms with van der Waals surface area (Å²) in [6.45, 7) is 5.44. The second kappa shape index (κ2) is 13.6. The lowest BCUT2D eigenvalue weighted by molar-refractivity contribution is 0.0918. The number of nitrogens with zero attached hydrogens (tertiary/aromatic N) is 4. The molecule has 5 rings (SSSR count). The molecule has 0 bridgehead atoms.